The summed E-state index contributed by atoms with van der Waals surface area (Å²) in [7, 11) is 0. The number of amides is 2. The second-order valence-electron chi connectivity index (χ2n) is 16.3. The number of nitrogens with two attached hydrogens (primary N) is 2. The second kappa shape index (κ2) is 16.9. The lowest BCUT2D eigenvalue weighted by atomic mass is 9.77. The summed E-state index contributed by atoms with van der Waals surface area (Å²) in [4.78, 5) is 84.1. The molecule has 17 nitrogen and oxygen atoms in total. The minimum atomic E-state index is -1.47. The zero-order chi connectivity index (χ0) is 42.8. The number of nitro groups is 1. The summed E-state index contributed by atoms with van der Waals surface area (Å²) in [5.41, 5.74) is 10.6. The van der Waals surface area contributed by atoms with E-state index in [2.05, 4.69) is 15.6 Å². The van der Waals surface area contributed by atoms with Gasteiger partial charge in [-0.1, -0.05) is 32.0 Å². The van der Waals surface area contributed by atoms with Gasteiger partial charge < -0.3 is 36.3 Å². The normalized spacial score (nSPS) is 19.0. The predicted molar refractivity (Wildman–Crippen MR) is 216 cm³/mol. The molecule has 1 fully saturated rings. The molecule has 0 saturated carbocycles. The fourth-order valence-corrected chi connectivity index (χ4v) is 7.82. The summed E-state index contributed by atoms with van der Waals surface area (Å²) >= 11 is 0. The van der Waals surface area contributed by atoms with Gasteiger partial charge in [0, 0.05) is 47.6 Å². The number of aliphatic imine (C=N–C) groups is 1. The number of benzene rings is 3. The molecule has 312 valence electrons. The summed E-state index contributed by atoms with van der Waals surface area (Å²) in [6, 6.07) is 14.1. The van der Waals surface area contributed by atoms with Gasteiger partial charge in [-0.05, 0) is 83.2 Å². The first-order valence-corrected chi connectivity index (χ1v) is 19.5. The van der Waals surface area contributed by atoms with Crippen molar-refractivity contribution in [3.05, 3.63) is 93.0 Å². The molecule has 1 saturated heterocycles. The van der Waals surface area contributed by atoms with Crippen LogP contribution in [0.5, 0.6) is 11.5 Å². The Morgan fingerprint density at radius 2 is 1.73 bits per heavy atom. The largest absolute Gasteiger partial charge is 0.456 e. The standard InChI is InChI=1S/C42H49N7O10/c1-23(2)34(35(50)39(54)58-41(3,4)5)47-37(52)31-13-9-19-48(31)22-24(10-8-18-45-40(43)44)36(51)46-25-14-16-29-32(20-25)57-33-21-26(49(55)56)15-17-30(33)42(29)28-12-7-6-11-27(28)38(53)59-42/h6-7,11-12,14-17,20-21,23-24,31,34H,8-10,13,18-19,22H2,1-5H3,(H,46,51)(H,47,52)(H4,43,44,45)/t24?,31-,34-,42?/m0/s1. The number of fused-ring (bicyclic) bond motifs is 6. The summed E-state index contributed by atoms with van der Waals surface area (Å²) in [5.74, 6) is -4.09. The van der Waals surface area contributed by atoms with Gasteiger partial charge in [-0.25, -0.2) is 9.59 Å². The lowest BCUT2D eigenvalue weighted by Gasteiger charge is -2.36. The first-order chi connectivity index (χ1) is 27.9. The van der Waals surface area contributed by atoms with E-state index in [0.717, 1.165) is 0 Å². The molecule has 4 atom stereocenters. The van der Waals surface area contributed by atoms with Crippen LogP contribution in [-0.2, 0) is 34.3 Å². The molecule has 3 heterocycles. The smallest absolute Gasteiger partial charge is 0.377 e. The molecule has 0 bridgehead atoms. The van der Waals surface area contributed by atoms with Crippen LogP contribution in [0.2, 0.25) is 0 Å². The zero-order valence-corrected chi connectivity index (χ0v) is 33.6. The Balaban J connectivity index is 1.25. The molecule has 17 heteroatoms. The number of hydrogen-bond donors (Lipinski definition) is 4. The van der Waals surface area contributed by atoms with Crippen LogP contribution < -0.4 is 26.8 Å². The van der Waals surface area contributed by atoms with Gasteiger partial charge in [0.2, 0.25) is 11.8 Å². The molecule has 59 heavy (non-hydrogen) atoms. The molecular formula is C42H49N7O10. The van der Waals surface area contributed by atoms with E-state index in [-0.39, 0.29) is 42.1 Å². The summed E-state index contributed by atoms with van der Waals surface area (Å²) in [5, 5.41) is 17.5. The number of esters is 2. The van der Waals surface area contributed by atoms with E-state index in [1.54, 1.807) is 77.1 Å². The Labute approximate surface area is 341 Å². The van der Waals surface area contributed by atoms with Gasteiger partial charge in [0.1, 0.15) is 23.1 Å². The average Bonchev–Trinajstić information content (AvgIpc) is 3.76. The number of rotatable bonds is 14. The van der Waals surface area contributed by atoms with Crippen molar-refractivity contribution in [3.8, 4) is 11.5 Å². The molecule has 3 aliphatic heterocycles. The van der Waals surface area contributed by atoms with Crippen LogP contribution in [-0.4, -0.2) is 82.6 Å². The first-order valence-electron chi connectivity index (χ1n) is 19.5. The van der Waals surface area contributed by atoms with Crippen LogP contribution in [0.15, 0.2) is 65.7 Å². The number of ketones is 1. The number of Topliss-reactive ketones (excluding diaryl/α,β-unsaturated/α-hetero) is 1. The van der Waals surface area contributed by atoms with Gasteiger partial charge in [-0.15, -0.1) is 0 Å². The number of guanidine groups is 1. The van der Waals surface area contributed by atoms with Crippen LogP contribution in [0.25, 0.3) is 0 Å². The molecule has 6 N–H and O–H groups in total. The molecule has 3 aliphatic rings. The van der Waals surface area contributed by atoms with Crippen LogP contribution in [0.4, 0.5) is 11.4 Å². The maximum Gasteiger partial charge on any atom is 0.377 e. The van der Waals surface area contributed by atoms with Crippen molar-refractivity contribution in [1.82, 2.24) is 10.2 Å². The number of carbonyl (C=O) groups is 5. The molecular weight excluding hydrogens is 763 g/mol. The highest BCUT2D eigenvalue weighted by Crippen LogP contribution is 2.56. The van der Waals surface area contributed by atoms with Gasteiger partial charge in [0.05, 0.1) is 28.5 Å². The molecule has 1 spiro atoms. The van der Waals surface area contributed by atoms with Crippen molar-refractivity contribution >= 4 is 46.9 Å². The highest BCUT2D eigenvalue weighted by molar-refractivity contribution is 6.36. The third kappa shape index (κ3) is 8.89. The average molecular weight is 812 g/mol. The van der Waals surface area contributed by atoms with Gasteiger partial charge in [0.15, 0.2) is 11.6 Å². The van der Waals surface area contributed by atoms with Crippen LogP contribution in [0.1, 0.15) is 87.4 Å². The highest BCUT2D eigenvalue weighted by Gasteiger charge is 2.54. The van der Waals surface area contributed by atoms with Crippen molar-refractivity contribution in [2.45, 2.75) is 83.6 Å². The Morgan fingerprint density at radius 3 is 2.41 bits per heavy atom. The lowest BCUT2D eigenvalue weighted by Crippen LogP contribution is -2.54. The Bertz CT molecular complexity index is 2210. The lowest BCUT2D eigenvalue weighted by molar-refractivity contribution is -0.385. The number of nitro benzene ring substituents is 1. The zero-order valence-electron chi connectivity index (χ0n) is 33.6. The molecule has 6 rings (SSSR count). The summed E-state index contributed by atoms with van der Waals surface area (Å²) in [6.45, 7) is 9.35. The third-order valence-corrected chi connectivity index (χ3v) is 10.5. The quantitative estimate of drug-likeness (QED) is 0.0338. The van der Waals surface area contributed by atoms with Crippen LogP contribution >= 0.6 is 0 Å². The SMILES string of the molecule is CC(C)[C@H](NC(=O)[C@@H]1CCCN1CC(CCCN=C(N)N)C(=O)Nc1ccc2c(c1)Oc1cc([N+](=O)[O-])ccc1C21OC(=O)c2ccccc21)C(=O)C(=O)OC(C)(C)C. The van der Waals surface area contributed by atoms with E-state index in [1.807, 2.05) is 4.90 Å². The minimum Gasteiger partial charge on any atom is -0.456 e. The molecule has 2 amide bonds. The predicted octanol–water partition coefficient (Wildman–Crippen LogP) is 4.29. The molecule has 3 aromatic rings. The van der Waals surface area contributed by atoms with Crippen molar-refractivity contribution in [2.75, 3.05) is 25.0 Å². The number of carbonyl (C=O) groups excluding carboxylic acids is 5. The minimum absolute atomic E-state index is 0.0859. The first kappa shape index (κ1) is 42.3. The number of hydrogen-bond acceptors (Lipinski definition) is 12. The highest BCUT2D eigenvalue weighted by atomic mass is 16.6. The summed E-state index contributed by atoms with van der Waals surface area (Å²) < 4.78 is 17.7. The van der Waals surface area contributed by atoms with E-state index in [1.165, 1.54) is 18.2 Å². The van der Waals surface area contributed by atoms with Crippen LogP contribution in [0, 0.1) is 22.0 Å². The van der Waals surface area contributed by atoms with E-state index in [9.17, 15) is 34.1 Å². The maximum atomic E-state index is 14.2. The van der Waals surface area contributed by atoms with E-state index < -0.39 is 63.7 Å². The van der Waals surface area contributed by atoms with Crippen molar-refractivity contribution in [1.29, 1.82) is 0 Å². The number of nitrogens with zero attached hydrogens (tertiary/aromatic N) is 3. The second-order valence-corrected chi connectivity index (χ2v) is 16.3. The maximum absolute atomic E-state index is 14.2. The van der Waals surface area contributed by atoms with E-state index in [4.69, 9.17) is 25.7 Å². The Morgan fingerprint density at radius 1 is 1.03 bits per heavy atom. The Kier molecular flexibility index (Phi) is 12.1. The molecule has 0 radical (unpaired) electrons. The molecule has 3 aromatic carbocycles. The van der Waals surface area contributed by atoms with Gasteiger partial charge in [-0.3, -0.25) is 34.4 Å². The summed E-state index contributed by atoms with van der Waals surface area (Å²) in [6.07, 6.45) is 1.91. The number of non-ortho nitro benzene ring substituents is 1. The third-order valence-electron chi connectivity index (χ3n) is 10.5. The van der Waals surface area contributed by atoms with Crippen molar-refractivity contribution < 1.29 is 43.1 Å². The Hall–Kier alpha value is -6.36. The molecule has 2 unspecified atom stereocenters. The van der Waals surface area contributed by atoms with Crippen molar-refractivity contribution in [2.24, 2.45) is 28.3 Å². The number of likely N-dealkylation sites (tertiary alicyclic amines) is 1. The number of nitrogens with one attached hydrogen (secondary N) is 2. The number of anilines is 1. The fourth-order valence-electron chi connectivity index (χ4n) is 7.82. The fraction of sp³-hybridized carbons (Fsp3) is 0.429. The van der Waals surface area contributed by atoms with Gasteiger partial charge >= 0.3 is 11.9 Å². The van der Waals surface area contributed by atoms with Gasteiger partial charge in [-0.2, -0.15) is 0 Å². The van der Waals surface area contributed by atoms with Crippen molar-refractivity contribution in [3.63, 3.8) is 0 Å². The molecule has 0 aromatic heterocycles. The monoisotopic (exact) mass is 811 g/mol. The number of ether oxygens (including phenoxy) is 3. The topological polar surface area (TPSA) is 248 Å². The van der Waals surface area contributed by atoms with Crippen LogP contribution in [0.3, 0.4) is 0 Å². The van der Waals surface area contributed by atoms with E-state index in [0.29, 0.717) is 60.2 Å². The van der Waals surface area contributed by atoms with Gasteiger partial charge in [0.25, 0.3) is 11.5 Å². The van der Waals surface area contributed by atoms with E-state index >= 15 is 0 Å². The molecule has 0 aliphatic carbocycles.